The number of hydrogen-bond acceptors (Lipinski definition) is 4. The summed E-state index contributed by atoms with van der Waals surface area (Å²) in [7, 11) is -2.09. The van der Waals surface area contributed by atoms with Gasteiger partial charge in [0.25, 0.3) is 0 Å². The van der Waals surface area contributed by atoms with E-state index >= 15 is 0 Å². The van der Waals surface area contributed by atoms with Crippen LogP contribution < -0.4 is 0 Å². The number of nitriles is 1. The molecule has 0 N–H and O–H groups in total. The number of nitrogens with zero attached hydrogens (tertiary/aromatic N) is 3. The van der Waals surface area contributed by atoms with Gasteiger partial charge in [-0.1, -0.05) is 0 Å². The Balaban J connectivity index is 3.52. The Kier molecular flexibility index (Phi) is 3.61. The van der Waals surface area contributed by atoms with Gasteiger partial charge in [0, 0.05) is 12.9 Å². The maximum absolute atomic E-state index is 12.1. The molecule has 1 rings (SSSR count). The molecule has 16 heavy (non-hydrogen) atoms. The van der Waals surface area contributed by atoms with Crippen LogP contribution in [-0.4, -0.2) is 29.3 Å². The first-order valence-electron chi connectivity index (χ1n) is 4.59. The summed E-state index contributed by atoms with van der Waals surface area (Å²) >= 11 is 5.55. The van der Waals surface area contributed by atoms with Gasteiger partial charge in [-0.3, -0.25) is 4.68 Å². The van der Waals surface area contributed by atoms with Gasteiger partial charge in [0.15, 0.2) is 14.9 Å². The van der Waals surface area contributed by atoms with Gasteiger partial charge in [-0.05, 0) is 13.8 Å². The lowest BCUT2D eigenvalue weighted by Gasteiger charge is -2.09. The van der Waals surface area contributed by atoms with Crippen molar-refractivity contribution in [1.29, 1.82) is 5.26 Å². The molecule has 0 saturated heterocycles. The summed E-state index contributed by atoms with van der Waals surface area (Å²) in [6, 6.07) is 1.86. The first-order valence-corrected chi connectivity index (χ1v) is 6.67. The van der Waals surface area contributed by atoms with Gasteiger partial charge in [0.1, 0.15) is 11.6 Å². The van der Waals surface area contributed by atoms with Crippen molar-refractivity contribution in [2.24, 2.45) is 7.05 Å². The van der Waals surface area contributed by atoms with Crippen LogP contribution in [0.3, 0.4) is 0 Å². The van der Waals surface area contributed by atoms with Crippen LogP contribution in [0, 0.1) is 18.3 Å². The third-order valence-corrected chi connectivity index (χ3v) is 5.18. The Morgan fingerprint density at radius 2 is 2.19 bits per heavy atom. The molecule has 1 heterocycles. The maximum atomic E-state index is 12.1. The average Bonchev–Trinajstić information content (AvgIpc) is 2.51. The fraction of sp³-hybridized carbons (Fsp3) is 0.556. The van der Waals surface area contributed by atoms with Gasteiger partial charge in [-0.25, -0.2) is 8.42 Å². The van der Waals surface area contributed by atoms with Crippen LogP contribution in [0.5, 0.6) is 0 Å². The SMILES string of the molecule is Cc1nn(C)c(S(=O)(=O)C(C)CCl)c1C#N. The van der Waals surface area contributed by atoms with Crippen molar-refractivity contribution in [2.45, 2.75) is 24.1 Å². The van der Waals surface area contributed by atoms with Crippen LogP contribution in [0.1, 0.15) is 18.2 Å². The van der Waals surface area contributed by atoms with E-state index in [-0.39, 0.29) is 16.5 Å². The van der Waals surface area contributed by atoms with Gasteiger partial charge in [0.2, 0.25) is 0 Å². The molecule has 1 aromatic heterocycles. The van der Waals surface area contributed by atoms with Crippen LogP contribution in [0.25, 0.3) is 0 Å². The molecule has 88 valence electrons. The normalized spacial score (nSPS) is 13.4. The summed E-state index contributed by atoms with van der Waals surface area (Å²) < 4.78 is 25.4. The van der Waals surface area contributed by atoms with Crippen molar-refractivity contribution < 1.29 is 8.42 Å². The highest BCUT2D eigenvalue weighted by molar-refractivity contribution is 7.92. The fourth-order valence-corrected chi connectivity index (χ4v) is 3.30. The van der Waals surface area contributed by atoms with Crippen molar-refractivity contribution >= 4 is 21.4 Å². The van der Waals surface area contributed by atoms with Crippen LogP contribution in [-0.2, 0) is 16.9 Å². The number of aryl methyl sites for hydroxylation is 2. The lowest BCUT2D eigenvalue weighted by molar-refractivity contribution is 0.568. The monoisotopic (exact) mass is 261 g/mol. The summed E-state index contributed by atoms with van der Waals surface area (Å²) in [5.41, 5.74) is 0.504. The molecule has 0 aromatic carbocycles. The quantitative estimate of drug-likeness (QED) is 0.761. The molecule has 1 unspecified atom stereocenters. The Hall–Kier alpha value is -1.06. The van der Waals surface area contributed by atoms with Crippen molar-refractivity contribution in [2.75, 3.05) is 5.88 Å². The predicted molar refractivity (Wildman–Crippen MR) is 60.0 cm³/mol. The first-order chi connectivity index (χ1) is 7.36. The summed E-state index contributed by atoms with van der Waals surface area (Å²) in [6.07, 6.45) is 0. The number of alkyl halides is 1. The molecule has 0 fully saturated rings. The molecular weight excluding hydrogens is 250 g/mol. The Morgan fingerprint density at radius 3 is 2.62 bits per heavy atom. The van der Waals surface area contributed by atoms with Crippen molar-refractivity contribution in [3.05, 3.63) is 11.3 Å². The molecule has 1 atom stereocenters. The number of rotatable bonds is 3. The Labute approximate surface area is 99.5 Å². The first kappa shape index (κ1) is 13.0. The second-order valence-corrected chi connectivity index (χ2v) is 6.10. The summed E-state index contributed by atoms with van der Waals surface area (Å²) in [5, 5.41) is 12.1. The molecule has 0 aliphatic rings. The molecule has 0 aliphatic carbocycles. The van der Waals surface area contributed by atoms with Crippen molar-refractivity contribution in [3.8, 4) is 6.07 Å². The van der Waals surface area contributed by atoms with E-state index in [0.717, 1.165) is 0 Å². The predicted octanol–water partition coefficient (Wildman–Crippen LogP) is 1.00. The van der Waals surface area contributed by atoms with E-state index in [1.54, 1.807) is 6.92 Å². The Bertz CT molecular complexity index is 542. The molecule has 5 nitrogen and oxygen atoms in total. The van der Waals surface area contributed by atoms with E-state index in [1.165, 1.54) is 18.7 Å². The third kappa shape index (κ3) is 1.93. The van der Waals surface area contributed by atoms with E-state index in [9.17, 15) is 8.42 Å². The van der Waals surface area contributed by atoms with Crippen LogP contribution >= 0.6 is 11.6 Å². The smallest absolute Gasteiger partial charge is 0.200 e. The zero-order valence-electron chi connectivity index (χ0n) is 9.23. The molecule has 0 amide bonds. The Morgan fingerprint density at radius 1 is 1.62 bits per heavy atom. The van der Waals surface area contributed by atoms with E-state index in [4.69, 9.17) is 16.9 Å². The molecule has 0 bridgehead atoms. The topological polar surface area (TPSA) is 75.8 Å². The number of halogens is 1. The minimum atomic E-state index is -3.60. The zero-order chi connectivity index (χ0) is 12.5. The van der Waals surface area contributed by atoms with Crippen LogP contribution in [0.15, 0.2) is 5.03 Å². The van der Waals surface area contributed by atoms with Gasteiger partial charge in [-0.15, -0.1) is 11.6 Å². The standard InChI is InChI=1S/C9H12ClN3O2S/c1-6(4-10)16(14,15)9-8(5-11)7(2)12-13(9)3/h6H,4H2,1-3H3. The van der Waals surface area contributed by atoms with E-state index < -0.39 is 15.1 Å². The van der Waals surface area contributed by atoms with Gasteiger partial charge in [-0.2, -0.15) is 10.4 Å². The molecule has 1 aromatic rings. The third-order valence-electron chi connectivity index (χ3n) is 2.30. The average molecular weight is 262 g/mol. The highest BCUT2D eigenvalue weighted by atomic mass is 35.5. The van der Waals surface area contributed by atoms with E-state index in [0.29, 0.717) is 5.69 Å². The largest absolute Gasteiger partial charge is 0.256 e. The molecule has 7 heteroatoms. The second kappa shape index (κ2) is 4.44. The summed E-state index contributed by atoms with van der Waals surface area (Å²) in [4.78, 5) is 0. The molecule has 0 saturated carbocycles. The number of aromatic nitrogens is 2. The van der Waals surface area contributed by atoms with E-state index in [2.05, 4.69) is 5.10 Å². The molecule has 0 radical (unpaired) electrons. The summed E-state index contributed by atoms with van der Waals surface area (Å²) in [5.74, 6) is -0.0164. The van der Waals surface area contributed by atoms with E-state index in [1.807, 2.05) is 6.07 Å². The lowest BCUT2D eigenvalue weighted by atomic mass is 10.3. The van der Waals surface area contributed by atoms with Gasteiger partial charge >= 0.3 is 0 Å². The highest BCUT2D eigenvalue weighted by Crippen LogP contribution is 2.22. The van der Waals surface area contributed by atoms with Gasteiger partial charge < -0.3 is 0 Å². The zero-order valence-corrected chi connectivity index (χ0v) is 10.8. The fourth-order valence-electron chi connectivity index (χ4n) is 1.37. The van der Waals surface area contributed by atoms with Crippen molar-refractivity contribution in [3.63, 3.8) is 0 Å². The number of hydrogen-bond donors (Lipinski definition) is 0. The minimum Gasteiger partial charge on any atom is -0.256 e. The van der Waals surface area contributed by atoms with Crippen LogP contribution in [0.4, 0.5) is 0 Å². The summed E-state index contributed by atoms with van der Waals surface area (Å²) in [6.45, 7) is 3.11. The van der Waals surface area contributed by atoms with Crippen molar-refractivity contribution in [1.82, 2.24) is 9.78 Å². The minimum absolute atomic E-state index is 0.0164. The lowest BCUT2D eigenvalue weighted by Crippen LogP contribution is -2.22. The highest BCUT2D eigenvalue weighted by Gasteiger charge is 2.30. The maximum Gasteiger partial charge on any atom is 0.200 e. The van der Waals surface area contributed by atoms with Crippen LogP contribution in [0.2, 0.25) is 0 Å². The molecular formula is C9H12ClN3O2S. The number of sulfone groups is 1. The molecule has 0 spiro atoms. The molecule has 0 aliphatic heterocycles. The van der Waals surface area contributed by atoms with Gasteiger partial charge in [0.05, 0.1) is 10.9 Å². The second-order valence-electron chi connectivity index (χ2n) is 3.51.